The molecule has 2 aromatic rings. The fourth-order valence-electron chi connectivity index (χ4n) is 6.41. The van der Waals surface area contributed by atoms with Crippen molar-refractivity contribution in [2.24, 2.45) is 29.6 Å². The number of fused-ring (bicyclic) bond motifs is 5. The number of carbonyl (C=O) groups excluding carboxylic acids is 4. The second kappa shape index (κ2) is 8.15. The lowest BCUT2D eigenvalue weighted by molar-refractivity contribution is -0.139. The number of allylic oxidation sites excluding steroid dienone is 2. The molecule has 3 fully saturated rings. The minimum Gasteiger partial charge on any atom is -0.426 e. The lowest BCUT2D eigenvalue weighted by Gasteiger charge is -2.21. The highest BCUT2D eigenvalue weighted by molar-refractivity contribution is 6.23. The molecular weight excluding hydrogens is 456 g/mol. The lowest BCUT2D eigenvalue weighted by atomic mass is 9.85. The van der Waals surface area contributed by atoms with Gasteiger partial charge in [-0.15, -0.1) is 0 Å². The number of carbonyl (C=O) groups is 4. The van der Waals surface area contributed by atoms with Crippen LogP contribution in [0.3, 0.4) is 0 Å². The highest BCUT2D eigenvalue weighted by Gasteiger charge is 2.59. The lowest BCUT2D eigenvalue weighted by Crippen LogP contribution is -2.33. The molecule has 0 spiro atoms. The van der Waals surface area contributed by atoms with Crippen molar-refractivity contribution in [3.63, 3.8) is 0 Å². The summed E-state index contributed by atoms with van der Waals surface area (Å²) < 4.78 is 5.64. The number of nitrogens with zero attached hydrogens (tertiary/aromatic N) is 2. The van der Waals surface area contributed by atoms with E-state index in [4.69, 9.17) is 4.74 Å². The number of benzene rings is 2. The van der Waals surface area contributed by atoms with Gasteiger partial charge in [0, 0.05) is 18.7 Å². The van der Waals surface area contributed by atoms with Gasteiger partial charge in [0.1, 0.15) is 5.75 Å². The Morgan fingerprint density at radius 3 is 2.25 bits per heavy atom. The Bertz CT molecular complexity index is 1330. The molecule has 6 rings (SSSR count). The van der Waals surface area contributed by atoms with Crippen molar-refractivity contribution in [1.29, 1.82) is 0 Å². The monoisotopic (exact) mass is 484 g/mol. The zero-order valence-corrected chi connectivity index (χ0v) is 20.6. The van der Waals surface area contributed by atoms with Gasteiger partial charge >= 0.3 is 5.97 Å². The first kappa shape index (κ1) is 22.7. The summed E-state index contributed by atoms with van der Waals surface area (Å²) >= 11 is 0. The van der Waals surface area contributed by atoms with Crippen molar-refractivity contribution < 1.29 is 23.9 Å². The summed E-state index contributed by atoms with van der Waals surface area (Å²) in [6, 6.07) is 10.8. The molecule has 0 N–H and O–H groups in total. The van der Waals surface area contributed by atoms with E-state index in [1.54, 1.807) is 30.0 Å². The van der Waals surface area contributed by atoms with E-state index in [1.807, 2.05) is 32.0 Å². The first-order valence-corrected chi connectivity index (χ1v) is 12.5. The third kappa shape index (κ3) is 3.33. The second-order valence-corrected chi connectivity index (χ2v) is 10.5. The minimum atomic E-state index is -0.568. The molecule has 1 saturated carbocycles. The Morgan fingerprint density at radius 2 is 1.58 bits per heavy atom. The van der Waals surface area contributed by atoms with Crippen molar-refractivity contribution in [1.82, 2.24) is 0 Å². The van der Waals surface area contributed by atoms with Crippen LogP contribution in [-0.2, 0) is 19.2 Å². The molecule has 2 aliphatic carbocycles. The number of esters is 1. The van der Waals surface area contributed by atoms with E-state index in [2.05, 4.69) is 12.2 Å². The Kier molecular flexibility index (Phi) is 5.14. The number of amides is 3. The molecule has 4 aliphatic rings. The molecule has 2 heterocycles. The smallest absolute Gasteiger partial charge is 0.316 e. The van der Waals surface area contributed by atoms with Gasteiger partial charge in [0.25, 0.3) is 0 Å². The molecule has 3 amide bonds. The normalized spacial score (nSPS) is 28.4. The molecule has 0 unspecified atom stereocenters. The summed E-state index contributed by atoms with van der Waals surface area (Å²) in [7, 11) is 0. The summed E-state index contributed by atoms with van der Waals surface area (Å²) in [5.74, 6) is -1.28. The van der Waals surface area contributed by atoms with Gasteiger partial charge in [-0.1, -0.05) is 24.3 Å². The number of hydrogen-bond acceptors (Lipinski definition) is 5. The van der Waals surface area contributed by atoms with Crippen LogP contribution in [-0.4, -0.2) is 30.2 Å². The summed E-state index contributed by atoms with van der Waals surface area (Å²) in [6.45, 7) is 6.04. The average molecular weight is 485 g/mol. The van der Waals surface area contributed by atoms with Crippen LogP contribution in [0.5, 0.6) is 5.75 Å². The first-order chi connectivity index (χ1) is 17.2. The predicted molar refractivity (Wildman–Crippen MR) is 133 cm³/mol. The van der Waals surface area contributed by atoms with Crippen molar-refractivity contribution in [2.45, 2.75) is 33.6 Å². The molecule has 0 aromatic heterocycles. The van der Waals surface area contributed by atoms with Gasteiger partial charge in [-0.25, -0.2) is 4.90 Å². The number of imide groups is 1. The van der Waals surface area contributed by atoms with Crippen molar-refractivity contribution in [2.75, 3.05) is 16.3 Å². The highest BCUT2D eigenvalue weighted by atomic mass is 16.5. The molecular formula is C29H28N2O5. The van der Waals surface area contributed by atoms with Crippen molar-refractivity contribution in [3.05, 3.63) is 65.2 Å². The fourth-order valence-corrected chi connectivity index (χ4v) is 6.41. The quantitative estimate of drug-likeness (QED) is 0.285. The highest BCUT2D eigenvalue weighted by Crippen LogP contribution is 2.53. The second-order valence-electron chi connectivity index (χ2n) is 10.5. The van der Waals surface area contributed by atoms with E-state index in [-0.39, 0.29) is 54.4 Å². The van der Waals surface area contributed by atoms with E-state index in [9.17, 15) is 19.2 Å². The van der Waals surface area contributed by atoms with E-state index in [1.165, 1.54) is 4.90 Å². The molecule has 2 aliphatic heterocycles. The number of rotatable bonds is 4. The van der Waals surface area contributed by atoms with Gasteiger partial charge in [-0.2, -0.15) is 0 Å². The maximum Gasteiger partial charge on any atom is 0.316 e. The van der Waals surface area contributed by atoms with Gasteiger partial charge in [0.05, 0.1) is 23.4 Å². The first-order valence-electron chi connectivity index (χ1n) is 12.5. The maximum atomic E-state index is 13.1. The third-order valence-corrected chi connectivity index (χ3v) is 8.42. The summed E-state index contributed by atoms with van der Waals surface area (Å²) in [5, 5.41) is 0. The van der Waals surface area contributed by atoms with E-state index < -0.39 is 11.9 Å². The maximum absolute atomic E-state index is 13.1. The molecule has 7 heteroatoms. The van der Waals surface area contributed by atoms with Gasteiger partial charge in [-0.3, -0.25) is 19.2 Å². The van der Waals surface area contributed by atoms with E-state index >= 15 is 0 Å². The van der Waals surface area contributed by atoms with Gasteiger partial charge in [0.15, 0.2) is 0 Å². The van der Waals surface area contributed by atoms with Crippen molar-refractivity contribution in [3.8, 4) is 5.75 Å². The van der Waals surface area contributed by atoms with Gasteiger partial charge < -0.3 is 9.64 Å². The molecule has 36 heavy (non-hydrogen) atoms. The number of anilines is 2. The van der Waals surface area contributed by atoms with Crippen LogP contribution in [0.1, 0.15) is 29.5 Å². The van der Waals surface area contributed by atoms with Gasteiger partial charge in [0.2, 0.25) is 17.7 Å². The van der Waals surface area contributed by atoms with Crippen LogP contribution in [0, 0.1) is 50.4 Å². The topological polar surface area (TPSA) is 84.0 Å². The van der Waals surface area contributed by atoms with Crippen LogP contribution in [0.25, 0.3) is 0 Å². The zero-order valence-electron chi connectivity index (χ0n) is 20.6. The van der Waals surface area contributed by atoms with Crippen LogP contribution < -0.4 is 14.5 Å². The Morgan fingerprint density at radius 1 is 0.889 bits per heavy atom. The molecule has 184 valence electrons. The summed E-state index contributed by atoms with van der Waals surface area (Å²) in [6.07, 6.45) is 5.13. The zero-order chi connectivity index (χ0) is 25.3. The average Bonchev–Trinajstić information content (AvgIpc) is 3.60. The Hall–Kier alpha value is -3.74. The van der Waals surface area contributed by atoms with E-state index in [0.29, 0.717) is 17.0 Å². The summed E-state index contributed by atoms with van der Waals surface area (Å²) in [4.78, 5) is 54.9. The minimum absolute atomic E-state index is 0.0964. The third-order valence-electron chi connectivity index (χ3n) is 8.42. The molecule has 5 atom stereocenters. The molecule has 0 radical (unpaired) electrons. The standard InChI is InChI=1S/C29H28N2O5/c1-15-5-4-6-23(17(15)3)30-14-20(13-24(30)32)29(35)36-21-9-10-22(16(2)11-21)31-27(33)25-18-7-8-19(12-18)26(25)28(31)34/h4-11,18-20,25-26H,12-14H2,1-3H3/t18-,19-,20-,25-,26+/m0/s1. The molecule has 2 saturated heterocycles. The largest absolute Gasteiger partial charge is 0.426 e. The van der Waals surface area contributed by atoms with E-state index in [0.717, 1.165) is 23.2 Å². The SMILES string of the molecule is Cc1cc(OC(=O)[C@H]2CC(=O)N(c3cccc(C)c3C)C2)ccc1N1C(=O)[C@@H]2[C@H](C1=O)[C@H]1C=C[C@H]2C1. The predicted octanol–water partition coefficient (Wildman–Crippen LogP) is 3.88. The Labute approximate surface area is 209 Å². The van der Waals surface area contributed by atoms with Crippen LogP contribution >= 0.6 is 0 Å². The van der Waals surface area contributed by atoms with Crippen LogP contribution in [0.4, 0.5) is 11.4 Å². The number of hydrogen-bond donors (Lipinski definition) is 0. The van der Waals surface area contributed by atoms with Crippen LogP contribution in [0.15, 0.2) is 48.6 Å². The number of ether oxygens (including phenoxy) is 1. The van der Waals surface area contributed by atoms with Crippen molar-refractivity contribution >= 4 is 35.1 Å². The molecule has 2 aromatic carbocycles. The number of aryl methyl sites for hydroxylation is 2. The van der Waals surface area contributed by atoms with Gasteiger partial charge in [-0.05, 0) is 80.0 Å². The summed E-state index contributed by atoms with van der Waals surface area (Å²) in [5.41, 5.74) is 4.15. The molecule has 7 nitrogen and oxygen atoms in total. The molecule has 2 bridgehead atoms. The van der Waals surface area contributed by atoms with Crippen LogP contribution in [0.2, 0.25) is 0 Å². The Balaban J connectivity index is 1.16. The fraction of sp³-hybridized carbons (Fsp3) is 0.379.